The Kier molecular flexibility index (Phi) is 19.7. The van der Waals surface area contributed by atoms with E-state index in [1.165, 1.54) is 18.4 Å². The summed E-state index contributed by atoms with van der Waals surface area (Å²) in [7, 11) is 0. The third-order valence-corrected chi connectivity index (χ3v) is 16.0. The Morgan fingerprint density at radius 3 is 1.26 bits per heavy atom. The molecule has 13 nitrogen and oxygen atoms in total. The SMILES string of the molecule is O[C@@H]1[C@H](O)CCC[C@H]1N1c2ccccc2Oc2ccccc21.O[C@H]1[C@H](N2c3ccccc3Oc3ccccc32)CCC[C@H]1OCc1ccccc1.[NH2-].[Na+].c1ccc(CO[C@@H]2CCC[C@@H]3O[C@@H]32)cc1.c1ccc2c(c1)Nc1ccccc1O2. The molecule has 0 radical (unpaired) electrons. The van der Waals surface area contributed by atoms with E-state index in [9.17, 15) is 15.3 Å². The predicted octanol–water partition coefficient (Wildman–Crippen LogP) is 12.4. The molecule has 7 aliphatic rings. The van der Waals surface area contributed by atoms with E-state index in [1.807, 2.05) is 158 Å². The van der Waals surface area contributed by atoms with E-state index in [1.54, 1.807) is 0 Å². The first-order valence-corrected chi connectivity index (χ1v) is 28.4. The Labute approximate surface area is 503 Å². The van der Waals surface area contributed by atoms with E-state index in [4.69, 9.17) is 28.4 Å². The van der Waals surface area contributed by atoms with Crippen LogP contribution in [0.4, 0.5) is 34.1 Å². The van der Waals surface area contributed by atoms with Crippen molar-refractivity contribution in [2.24, 2.45) is 0 Å². The number of epoxide rings is 1. The van der Waals surface area contributed by atoms with Crippen LogP contribution >= 0.6 is 0 Å². The number of nitrogens with two attached hydrogens (primary N) is 1. The van der Waals surface area contributed by atoms with E-state index in [2.05, 4.69) is 63.6 Å². The molecule has 0 unspecified atom stereocenters. The van der Waals surface area contributed by atoms with Gasteiger partial charge in [0.25, 0.3) is 0 Å². The monoisotopic (exact) mass is 1110 g/mol. The second-order valence-corrected chi connectivity index (χ2v) is 21.3. The second-order valence-electron chi connectivity index (χ2n) is 21.3. The first-order valence-electron chi connectivity index (χ1n) is 28.4. The number of aliphatic hydroxyl groups is 3. The van der Waals surface area contributed by atoms with Crippen molar-refractivity contribution in [2.45, 2.75) is 126 Å². The van der Waals surface area contributed by atoms with Crippen molar-refractivity contribution >= 4 is 34.1 Å². The second kappa shape index (κ2) is 27.6. The summed E-state index contributed by atoms with van der Waals surface area (Å²) in [6.45, 7) is 1.24. The minimum absolute atomic E-state index is 0. The van der Waals surface area contributed by atoms with Crippen LogP contribution in [0.5, 0.6) is 34.5 Å². The maximum absolute atomic E-state index is 11.3. The molecule has 14 heteroatoms. The number of para-hydroxylation sites is 12. The average Bonchev–Trinajstić information content (AvgIpc) is 4.45. The first kappa shape index (κ1) is 58.5. The molecule has 3 saturated carbocycles. The predicted molar refractivity (Wildman–Crippen MR) is 318 cm³/mol. The minimum Gasteiger partial charge on any atom is -0.693 e. The largest absolute Gasteiger partial charge is 1.00 e. The van der Waals surface area contributed by atoms with Gasteiger partial charge in [0.15, 0.2) is 34.5 Å². The van der Waals surface area contributed by atoms with Gasteiger partial charge in [-0.2, -0.15) is 0 Å². The van der Waals surface area contributed by atoms with Gasteiger partial charge in [-0.25, -0.2) is 0 Å². The molecule has 4 aliphatic heterocycles. The number of nitrogens with zero attached hydrogens (tertiary/aromatic N) is 2. The van der Waals surface area contributed by atoms with Gasteiger partial charge in [-0.05, 0) is 142 Å². The molecule has 9 atom stereocenters. The summed E-state index contributed by atoms with van der Waals surface area (Å²) in [5.41, 5.74) is 8.30. The summed E-state index contributed by atoms with van der Waals surface area (Å²) in [6.07, 6.45) is 7.93. The molecule has 0 spiro atoms. The Morgan fingerprint density at radius 1 is 0.402 bits per heavy atom. The van der Waals surface area contributed by atoms with Crippen molar-refractivity contribution < 1.29 is 73.3 Å². The fraction of sp³-hybridized carbons (Fsp3) is 0.294. The topological polar surface area (TPSA) is 171 Å². The van der Waals surface area contributed by atoms with Gasteiger partial charge in [-0.1, -0.05) is 133 Å². The number of anilines is 6. The molecule has 4 heterocycles. The fourth-order valence-corrected chi connectivity index (χ4v) is 11.9. The third-order valence-electron chi connectivity index (χ3n) is 16.0. The quantitative estimate of drug-likeness (QED) is 0.0840. The zero-order valence-electron chi connectivity index (χ0n) is 46.4. The fourth-order valence-electron chi connectivity index (χ4n) is 11.9. The number of hydrogen-bond donors (Lipinski definition) is 4. The van der Waals surface area contributed by atoms with Crippen molar-refractivity contribution in [1.82, 2.24) is 0 Å². The smallest absolute Gasteiger partial charge is 0.693 e. The third kappa shape index (κ3) is 13.4. The van der Waals surface area contributed by atoms with Crippen LogP contribution in [0.2, 0.25) is 0 Å². The summed E-state index contributed by atoms with van der Waals surface area (Å²) < 4.78 is 35.4. The molecule has 15 rings (SSSR count). The summed E-state index contributed by atoms with van der Waals surface area (Å²) in [5, 5.41) is 35.2. The van der Waals surface area contributed by atoms with Gasteiger partial charge in [0, 0.05) is 0 Å². The number of rotatable bonds is 8. The van der Waals surface area contributed by atoms with Gasteiger partial charge in [0.1, 0.15) is 18.3 Å². The van der Waals surface area contributed by atoms with Crippen molar-refractivity contribution in [3.8, 4) is 34.5 Å². The maximum Gasteiger partial charge on any atom is 1.00 e. The molecule has 82 heavy (non-hydrogen) atoms. The van der Waals surface area contributed by atoms with Crippen molar-refractivity contribution in [3.05, 3.63) is 224 Å². The first-order chi connectivity index (χ1) is 39.4. The molecule has 3 aliphatic carbocycles. The number of hydrogen-bond acceptors (Lipinski definition) is 12. The summed E-state index contributed by atoms with van der Waals surface area (Å²) in [5.74, 6) is 4.98. The van der Waals surface area contributed by atoms with Crippen LogP contribution < -0.4 is 58.9 Å². The van der Waals surface area contributed by atoms with Gasteiger partial charge in [0.2, 0.25) is 0 Å². The molecule has 8 aromatic rings. The van der Waals surface area contributed by atoms with Crippen LogP contribution in [0.15, 0.2) is 206 Å². The number of nitrogens with one attached hydrogen (secondary N) is 1. The van der Waals surface area contributed by atoms with E-state index in [0.717, 1.165) is 119 Å². The van der Waals surface area contributed by atoms with Crippen LogP contribution in [0.3, 0.4) is 0 Å². The van der Waals surface area contributed by atoms with E-state index >= 15 is 0 Å². The van der Waals surface area contributed by atoms with E-state index in [-0.39, 0.29) is 53.9 Å². The number of fused-ring (bicyclic) bond motifs is 7. The van der Waals surface area contributed by atoms with Crippen LogP contribution in [0, 0.1) is 0 Å². The normalized spacial score (nSPS) is 23.5. The number of ether oxygens (including phenoxy) is 6. The van der Waals surface area contributed by atoms with Crippen LogP contribution in [-0.2, 0) is 27.4 Å². The Balaban J connectivity index is 0.000000126. The molecule has 418 valence electrons. The van der Waals surface area contributed by atoms with E-state index < -0.39 is 18.3 Å². The van der Waals surface area contributed by atoms with Gasteiger partial charge in [0.05, 0.1) is 83.8 Å². The Hall–Kier alpha value is -6.72. The summed E-state index contributed by atoms with van der Waals surface area (Å²) >= 11 is 0. The zero-order chi connectivity index (χ0) is 54.2. The van der Waals surface area contributed by atoms with Crippen LogP contribution in [-0.4, -0.2) is 70.1 Å². The van der Waals surface area contributed by atoms with Gasteiger partial charge in [-0.15, -0.1) is 0 Å². The van der Waals surface area contributed by atoms with Crippen molar-refractivity contribution in [3.63, 3.8) is 0 Å². The minimum atomic E-state index is -0.757. The van der Waals surface area contributed by atoms with Crippen molar-refractivity contribution in [2.75, 3.05) is 15.1 Å². The van der Waals surface area contributed by atoms with Gasteiger partial charge in [-0.3, -0.25) is 0 Å². The molecule has 4 fully saturated rings. The molecule has 0 amide bonds. The summed E-state index contributed by atoms with van der Waals surface area (Å²) in [4.78, 5) is 4.37. The summed E-state index contributed by atoms with van der Waals surface area (Å²) in [6, 6.07) is 67.9. The Bertz CT molecular complexity index is 3140. The van der Waals surface area contributed by atoms with Gasteiger partial charge < -0.3 is 65.0 Å². The number of benzene rings is 8. The maximum atomic E-state index is 11.3. The van der Waals surface area contributed by atoms with Crippen LogP contribution in [0.1, 0.15) is 68.9 Å². The van der Waals surface area contributed by atoms with Crippen LogP contribution in [0.25, 0.3) is 6.15 Å². The average molecular weight is 1110 g/mol. The standard InChI is InChI=1S/C25H25NO3.C18H19NO3.C13H16O2.C12H9NO.H2N.Na/c27-25-21(13-8-16-24(25)28-17-18-9-2-1-3-10-18)26-19-11-4-6-14-22(19)29-23-15-7-5-12-20(23)26;20-15-9-5-8-14(18(15)21)19-12-6-1-3-10-16(12)22-17-11-4-2-7-13(17)19;1-2-5-10(6-3-1)9-14-11-7-4-8-12-13(11)15-12;1-3-7-11-9(5-1)13-10-6-2-4-8-12(10)14-11;;/h1-7,9-12,14-15,21,24-25,27H,8,13,16-17H2;1-4,6-7,10-11,14-15,18,20-21H,5,8-9H2;1-3,5-6,11-13H,4,7-9H2;1-8,13H;1H2;/q;;;;-1;+1/t21-,24-,25+;14-,15-,18+;11-,12+,13-;;;/m111.../s1. The van der Waals surface area contributed by atoms with Gasteiger partial charge >= 0.3 is 29.6 Å². The molecular weight excluding hydrogens is 1040 g/mol. The van der Waals surface area contributed by atoms with E-state index in [0.29, 0.717) is 31.3 Å². The Morgan fingerprint density at radius 2 is 0.768 bits per heavy atom. The number of aliphatic hydroxyl groups excluding tert-OH is 3. The molecule has 8 aromatic carbocycles. The molecule has 0 bridgehead atoms. The van der Waals surface area contributed by atoms with Crippen molar-refractivity contribution in [1.29, 1.82) is 0 Å². The molecule has 6 N–H and O–H groups in total. The zero-order valence-corrected chi connectivity index (χ0v) is 48.4. The molecule has 1 saturated heterocycles. The molecular formula is C68H71N4NaO9. The molecule has 0 aromatic heterocycles.